The lowest BCUT2D eigenvalue weighted by atomic mass is 9.63. The predicted octanol–water partition coefficient (Wildman–Crippen LogP) is 2.96. The molecule has 5 aliphatic rings. The van der Waals surface area contributed by atoms with E-state index in [0.717, 1.165) is 35.7 Å². The van der Waals surface area contributed by atoms with Crippen molar-refractivity contribution in [1.29, 1.82) is 0 Å². The molecular formula is C19H14F3IN2O3. The molecule has 1 aromatic rings. The number of hydrogen-bond donors (Lipinski definition) is 1. The Hall–Kier alpha value is -1.91. The van der Waals surface area contributed by atoms with E-state index in [1.165, 1.54) is 0 Å². The summed E-state index contributed by atoms with van der Waals surface area (Å²) >= 11 is 2.07. The second-order valence-corrected chi connectivity index (χ2v) is 9.58. The maximum Gasteiger partial charge on any atom is 0.416 e. The molecule has 146 valence electrons. The van der Waals surface area contributed by atoms with Gasteiger partial charge < -0.3 is 0 Å². The third-order valence-electron chi connectivity index (χ3n) is 6.42. The van der Waals surface area contributed by atoms with Gasteiger partial charge in [-0.25, -0.2) is 0 Å². The highest BCUT2D eigenvalue weighted by Crippen LogP contribution is 2.69. The number of rotatable bonds is 2. The molecule has 4 aliphatic carbocycles. The molecule has 1 aliphatic heterocycles. The number of amides is 3. The molecule has 6 rings (SSSR count). The van der Waals surface area contributed by atoms with Gasteiger partial charge in [-0.2, -0.15) is 18.2 Å². The zero-order chi connectivity index (χ0) is 20.0. The Morgan fingerprint density at radius 2 is 1.82 bits per heavy atom. The van der Waals surface area contributed by atoms with Crippen LogP contribution in [0.4, 0.5) is 13.2 Å². The fourth-order valence-electron chi connectivity index (χ4n) is 5.03. The first-order valence-corrected chi connectivity index (χ1v) is 9.96. The lowest BCUT2D eigenvalue weighted by Crippen LogP contribution is -2.53. The first kappa shape index (κ1) is 18.1. The fraction of sp³-hybridized carbons (Fsp3) is 0.421. The molecule has 2 saturated carbocycles. The van der Waals surface area contributed by atoms with Gasteiger partial charge in [0.1, 0.15) is 3.42 Å². The SMILES string of the molecule is O=C(NN1C(=O)[C@H]2C3C=CC([C@@H]4C[C@H]34)[C@@]2(I)C1=O)c1ccc(C(F)(F)F)cc1. The van der Waals surface area contributed by atoms with Crippen molar-refractivity contribution < 1.29 is 27.6 Å². The monoisotopic (exact) mass is 502 g/mol. The molecule has 9 heteroatoms. The molecule has 3 fully saturated rings. The molecule has 1 N–H and O–H groups in total. The van der Waals surface area contributed by atoms with Crippen LogP contribution in [0.5, 0.6) is 0 Å². The number of carbonyl (C=O) groups excluding carboxylic acids is 3. The van der Waals surface area contributed by atoms with Crippen molar-refractivity contribution in [3.05, 3.63) is 47.5 Å². The van der Waals surface area contributed by atoms with Gasteiger partial charge in [0.05, 0.1) is 11.5 Å². The van der Waals surface area contributed by atoms with Crippen LogP contribution in [0.2, 0.25) is 0 Å². The maximum absolute atomic E-state index is 13.1. The number of nitrogens with zero attached hydrogens (tertiary/aromatic N) is 1. The summed E-state index contributed by atoms with van der Waals surface area (Å²) in [6.07, 6.45) is 0.551. The fourth-order valence-corrected chi connectivity index (χ4v) is 6.63. The molecule has 5 nitrogen and oxygen atoms in total. The second kappa shape index (κ2) is 5.58. The predicted molar refractivity (Wildman–Crippen MR) is 98.7 cm³/mol. The van der Waals surface area contributed by atoms with Crippen molar-refractivity contribution in [2.24, 2.45) is 29.6 Å². The number of nitrogens with one attached hydrogen (secondary N) is 1. The van der Waals surface area contributed by atoms with Gasteiger partial charge in [-0.3, -0.25) is 19.8 Å². The maximum atomic E-state index is 13.1. The Bertz CT molecular complexity index is 945. The molecule has 0 spiro atoms. The molecule has 2 unspecified atom stereocenters. The Kier molecular flexibility index (Phi) is 3.61. The zero-order valence-corrected chi connectivity index (χ0v) is 16.4. The first-order valence-electron chi connectivity index (χ1n) is 8.88. The number of alkyl halides is 4. The van der Waals surface area contributed by atoms with Crippen molar-refractivity contribution in [3.8, 4) is 0 Å². The minimum atomic E-state index is -4.51. The smallest absolute Gasteiger partial charge is 0.272 e. The summed E-state index contributed by atoms with van der Waals surface area (Å²) in [5, 5.41) is 0.773. The average Bonchev–Trinajstić information content (AvgIpc) is 3.43. The largest absolute Gasteiger partial charge is 0.416 e. The summed E-state index contributed by atoms with van der Waals surface area (Å²) in [6.45, 7) is 0. The molecular weight excluding hydrogens is 488 g/mol. The van der Waals surface area contributed by atoms with Crippen LogP contribution in [0.1, 0.15) is 22.3 Å². The van der Waals surface area contributed by atoms with Gasteiger partial charge in [0.15, 0.2) is 0 Å². The molecule has 28 heavy (non-hydrogen) atoms. The van der Waals surface area contributed by atoms with E-state index in [2.05, 4.69) is 28.0 Å². The molecule has 1 heterocycles. The Morgan fingerprint density at radius 1 is 1.14 bits per heavy atom. The van der Waals surface area contributed by atoms with Crippen LogP contribution in [-0.4, -0.2) is 26.2 Å². The zero-order valence-electron chi connectivity index (χ0n) is 14.2. The number of hydrogen-bond acceptors (Lipinski definition) is 3. The summed E-state index contributed by atoms with van der Waals surface area (Å²) in [5.41, 5.74) is 1.38. The highest BCUT2D eigenvalue weighted by atomic mass is 127. The third kappa shape index (κ3) is 2.28. The topological polar surface area (TPSA) is 66.5 Å². The van der Waals surface area contributed by atoms with E-state index in [1.807, 2.05) is 12.2 Å². The van der Waals surface area contributed by atoms with Gasteiger partial charge in [-0.1, -0.05) is 34.7 Å². The van der Waals surface area contributed by atoms with Crippen LogP contribution >= 0.6 is 22.6 Å². The van der Waals surface area contributed by atoms with Crippen LogP contribution in [0.15, 0.2) is 36.4 Å². The number of carbonyl (C=O) groups is 3. The molecule has 1 saturated heterocycles. The third-order valence-corrected chi connectivity index (χ3v) is 8.27. The van der Waals surface area contributed by atoms with Crippen LogP contribution < -0.4 is 5.43 Å². The summed E-state index contributed by atoms with van der Waals surface area (Å²) in [6, 6.07) is 3.63. The van der Waals surface area contributed by atoms with E-state index in [-0.39, 0.29) is 17.4 Å². The normalized spacial score (nSPS) is 37.7. The molecule has 2 bridgehead atoms. The van der Waals surface area contributed by atoms with Gasteiger partial charge in [0.25, 0.3) is 17.7 Å². The molecule has 1 aromatic carbocycles. The number of benzene rings is 1. The second-order valence-electron chi connectivity index (χ2n) is 7.79. The quantitative estimate of drug-likeness (QED) is 0.293. The van der Waals surface area contributed by atoms with E-state index in [4.69, 9.17) is 0 Å². The Labute approximate surface area is 171 Å². The van der Waals surface area contributed by atoms with Crippen molar-refractivity contribution in [2.75, 3.05) is 0 Å². The standard InChI is InChI=1S/C19H14F3IN2O3/c20-19(21,22)9-3-1-8(2-4-9)15(26)24-25-16(27)14-10-5-6-13(12-7-11(10)12)18(14,23)17(25)28/h1-6,10-14H,7H2,(H,24,26)/t10?,11-,12-,13?,14-,18+/m1/s1. The van der Waals surface area contributed by atoms with Crippen molar-refractivity contribution in [1.82, 2.24) is 10.4 Å². The minimum Gasteiger partial charge on any atom is -0.272 e. The van der Waals surface area contributed by atoms with Crippen LogP contribution in [0.3, 0.4) is 0 Å². The van der Waals surface area contributed by atoms with E-state index in [1.54, 1.807) is 0 Å². The number of halogens is 4. The molecule has 0 radical (unpaired) electrons. The molecule has 6 atom stereocenters. The number of imide groups is 1. The van der Waals surface area contributed by atoms with Crippen molar-refractivity contribution in [3.63, 3.8) is 0 Å². The van der Waals surface area contributed by atoms with E-state index < -0.39 is 38.8 Å². The average molecular weight is 502 g/mol. The Morgan fingerprint density at radius 3 is 2.46 bits per heavy atom. The van der Waals surface area contributed by atoms with Gasteiger partial charge in [-0.05, 0) is 48.4 Å². The minimum absolute atomic E-state index is 0.00341. The summed E-state index contributed by atoms with van der Waals surface area (Å²) in [5.74, 6) is -1.39. The Balaban J connectivity index is 1.39. The highest BCUT2D eigenvalue weighted by Gasteiger charge is 2.74. The number of allylic oxidation sites excluding steroid dienone is 2. The highest BCUT2D eigenvalue weighted by molar-refractivity contribution is 14.1. The van der Waals surface area contributed by atoms with E-state index >= 15 is 0 Å². The summed E-state index contributed by atoms with van der Waals surface area (Å²) in [7, 11) is 0. The summed E-state index contributed by atoms with van der Waals surface area (Å²) < 4.78 is 37.1. The lowest BCUT2D eigenvalue weighted by molar-refractivity contribution is -0.142. The van der Waals surface area contributed by atoms with E-state index in [9.17, 15) is 27.6 Å². The van der Waals surface area contributed by atoms with Gasteiger partial charge in [0.2, 0.25) is 0 Å². The van der Waals surface area contributed by atoms with Gasteiger partial charge in [-0.15, -0.1) is 0 Å². The van der Waals surface area contributed by atoms with Crippen LogP contribution in [0.25, 0.3) is 0 Å². The first-order chi connectivity index (χ1) is 13.1. The molecule has 3 amide bonds. The van der Waals surface area contributed by atoms with Crippen LogP contribution in [-0.2, 0) is 15.8 Å². The lowest BCUT2D eigenvalue weighted by Gasteiger charge is -2.43. The van der Waals surface area contributed by atoms with Crippen LogP contribution in [0, 0.1) is 29.6 Å². The number of hydrazine groups is 1. The van der Waals surface area contributed by atoms with Gasteiger partial charge >= 0.3 is 6.18 Å². The summed E-state index contributed by atoms with van der Waals surface area (Å²) in [4.78, 5) is 38.5. The van der Waals surface area contributed by atoms with Gasteiger partial charge in [0, 0.05) is 11.5 Å². The van der Waals surface area contributed by atoms with Crippen molar-refractivity contribution >= 4 is 40.3 Å². The van der Waals surface area contributed by atoms with Crippen molar-refractivity contribution in [2.45, 2.75) is 16.0 Å². The van der Waals surface area contributed by atoms with E-state index in [0.29, 0.717) is 11.8 Å². The molecule has 0 aromatic heterocycles.